The summed E-state index contributed by atoms with van der Waals surface area (Å²) in [6.07, 6.45) is -1.28. The Labute approximate surface area is 175 Å². The van der Waals surface area contributed by atoms with E-state index >= 15 is 0 Å². The van der Waals surface area contributed by atoms with E-state index in [1.807, 2.05) is 0 Å². The molecule has 2 N–H and O–H groups in total. The number of hydrogen-bond acceptors (Lipinski definition) is 6. The number of aryl methyl sites for hydroxylation is 1. The van der Waals surface area contributed by atoms with Crippen molar-refractivity contribution in [3.8, 4) is 0 Å². The number of hydrogen-bond donors (Lipinski definition) is 2. The number of esters is 1. The number of anilines is 1. The van der Waals surface area contributed by atoms with Crippen LogP contribution in [0.5, 0.6) is 0 Å². The van der Waals surface area contributed by atoms with Crippen molar-refractivity contribution in [2.24, 2.45) is 5.92 Å². The van der Waals surface area contributed by atoms with Crippen LogP contribution in [0.25, 0.3) is 0 Å². The fraction of sp³-hybridized carbons (Fsp3) is 0.524. The van der Waals surface area contributed by atoms with Crippen LogP contribution in [0, 0.1) is 24.1 Å². The summed E-state index contributed by atoms with van der Waals surface area (Å²) in [6, 6.07) is 4.47. The largest absolute Gasteiger partial charge is 0.456 e. The zero-order valence-corrected chi connectivity index (χ0v) is 17.9. The van der Waals surface area contributed by atoms with Crippen molar-refractivity contribution in [2.75, 3.05) is 18.0 Å². The first-order valence-corrected chi connectivity index (χ1v) is 9.70. The molecule has 1 aliphatic heterocycles. The van der Waals surface area contributed by atoms with Crippen molar-refractivity contribution in [2.45, 2.75) is 52.7 Å². The summed E-state index contributed by atoms with van der Waals surface area (Å²) in [4.78, 5) is 37.6. The van der Waals surface area contributed by atoms with Gasteiger partial charge in [0, 0.05) is 12.3 Å². The third kappa shape index (κ3) is 6.27. The number of nitrogens with one attached hydrogen (secondary N) is 2. The molecule has 2 atom stereocenters. The third-order valence-electron chi connectivity index (χ3n) is 4.45. The zero-order valence-electron chi connectivity index (χ0n) is 17.9. The van der Waals surface area contributed by atoms with E-state index in [1.165, 1.54) is 11.0 Å². The molecule has 8 nitrogen and oxygen atoms in total. The van der Waals surface area contributed by atoms with Crippen LogP contribution in [0.2, 0.25) is 0 Å². The summed E-state index contributed by atoms with van der Waals surface area (Å²) in [5.74, 6) is -2.19. The highest BCUT2D eigenvalue weighted by molar-refractivity contribution is 6.35. The molecule has 164 valence electrons. The molecule has 0 aromatic heterocycles. The van der Waals surface area contributed by atoms with Crippen molar-refractivity contribution >= 4 is 29.4 Å². The second kappa shape index (κ2) is 9.23. The lowest BCUT2D eigenvalue weighted by Crippen LogP contribution is -2.38. The highest BCUT2D eigenvalue weighted by Crippen LogP contribution is 2.23. The lowest BCUT2D eigenvalue weighted by atomic mass is 10.0. The number of halogens is 1. The van der Waals surface area contributed by atoms with Crippen molar-refractivity contribution in [3.63, 3.8) is 0 Å². The van der Waals surface area contributed by atoms with E-state index in [4.69, 9.17) is 14.9 Å². The number of benzene rings is 1. The molecular formula is C21H28FN3O5. The van der Waals surface area contributed by atoms with Gasteiger partial charge in [-0.1, -0.05) is 13.0 Å². The van der Waals surface area contributed by atoms with Crippen molar-refractivity contribution in [3.05, 3.63) is 29.6 Å². The van der Waals surface area contributed by atoms with Gasteiger partial charge in [-0.2, -0.15) is 0 Å². The number of nitrogens with zero attached hydrogens (tertiary/aromatic N) is 1. The van der Waals surface area contributed by atoms with Gasteiger partial charge in [0.15, 0.2) is 0 Å². The minimum Gasteiger partial charge on any atom is -0.456 e. The molecule has 0 saturated carbocycles. The Hall–Kier alpha value is -2.97. The topological polar surface area (TPSA) is 109 Å². The Kier molecular flexibility index (Phi) is 7.17. The molecule has 0 aliphatic carbocycles. The Balaban J connectivity index is 1.84. The number of ether oxygens (including phenoxy) is 2. The predicted molar refractivity (Wildman–Crippen MR) is 109 cm³/mol. The van der Waals surface area contributed by atoms with Gasteiger partial charge in [0.25, 0.3) is 0 Å². The molecule has 1 aromatic carbocycles. The number of amides is 2. The van der Waals surface area contributed by atoms with E-state index in [1.54, 1.807) is 46.8 Å². The first-order valence-electron chi connectivity index (χ1n) is 9.70. The Morgan fingerprint density at radius 2 is 2.07 bits per heavy atom. The SMILES string of the molecule is Cc1ccc(N2C[C@@H](CNC(=O)C(C)CC(=N)C(=O)OC(C)(C)C)OC2=O)cc1F. The quantitative estimate of drug-likeness (QED) is 0.520. The molecular weight excluding hydrogens is 393 g/mol. The second-order valence-electron chi connectivity index (χ2n) is 8.38. The van der Waals surface area contributed by atoms with Crippen LogP contribution in [0.15, 0.2) is 18.2 Å². The molecule has 2 rings (SSSR count). The Morgan fingerprint density at radius 1 is 1.40 bits per heavy atom. The Morgan fingerprint density at radius 3 is 2.67 bits per heavy atom. The van der Waals surface area contributed by atoms with Crippen molar-refractivity contribution in [1.82, 2.24) is 5.32 Å². The van der Waals surface area contributed by atoms with Crippen molar-refractivity contribution in [1.29, 1.82) is 5.41 Å². The molecule has 0 radical (unpaired) electrons. The molecule has 30 heavy (non-hydrogen) atoms. The molecule has 1 aromatic rings. The van der Waals surface area contributed by atoms with Crippen LogP contribution in [0.3, 0.4) is 0 Å². The molecule has 1 unspecified atom stereocenters. The predicted octanol–water partition coefficient (Wildman–Crippen LogP) is 2.96. The fourth-order valence-corrected chi connectivity index (χ4v) is 2.80. The number of cyclic esters (lactones) is 1. The van der Waals surface area contributed by atoms with Crippen LogP contribution in [-0.4, -0.2) is 48.5 Å². The molecule has 0 bridgehead atoms. The van der Waals surface area contributed by atoms with Gasteiger partial charge >= 0.3 is 12.1 Å². The third-order valence-corrected chi connectivity index (χ3v) is 4.45. The van der Waals surface area contributed by atoms with Crippen LogP contribution in [0.1, 0.15) is 39.7 Å². The molecule has 1 saturated heterocycles. The van der Waals surface area contributed by atoms with E-state index in [9.17, 15) is 18.8 Å². The lowest BCUT2D eigenvalue weighted by Gasteiger charge is -2.20. The van der Waals surface area contributed by atoms with Gasteiger partial charge in [-0.25, -0.2) is 14.0 Å². The van der Waals surface area contributed by atoms with E-state index in [2.05, 4.69) is 5.32 Å². The van der Waals surface area contributed by atoms with Crippen LogP contribution in [-0.2, 0) is 19.1 Å². The van der Waals surface area contributed by atoms with Gasteiger partial charge in [-0.3, -0.25) is 15.1 Å². The number of rotatable bonds is 7. The van der Waals surface area contributed by atoms with Gasteiger partial charge in [0.2, 0.25) is 5.91 Å². The summed E-state index contributed by atoms with van der Waals surface area (Å²) in [7, 11) is 0. The van der Waals surface area contributed by atoms with Gasteiger partial charge < -0.3 is 14.8 Å². The molecule has 0 spiro atoms. The average molecular weight is 421 g/mol. The van der Waals surface area contributed by atoms with Crippen LogP contribution < -0.4 is 10.2 Å². The molecule has 1 heterocycles. The highest BCUT2D eigenvalue weighted by Gasteiger charge is 2.33. The first-order chi connectivity index (χ1) is 13.9. The van der Waals surface area contributed by atoms with Crippen LogP contribution in [0.4, 0.5) is 14.9 Å². The van der Waals surface area contributed by atoms with Gasteiger partial charge in [-0.05, 0) is 45.4 Å². The van der Waals surface area contributed by atoms with E-state index in [0.29, 0.717) is 11.3 Å². The number of carbonyl (C=O) groups is 3. The maximum absolute atomic E-state index is 13.8. The standard InChI is InChI=1S/C21H28FN3O5/c1-12-6-7-14(9-16(12)22)25-11-15(29-20(25)28)10-24-18(26)13(2)8-17(23)19(27)30-21(3,4)5/h6-7,9,13,15,23H,8,10-11H2,1-5H3,(H,24,26)/t13?,15-/m1/s1. The van der Waals surface area contributed by atoms with Gasteiger partial charge in [0.05, 0.1) is 18.8 Å². The summed E-state index contributed by atoms with van der Waals surface area (Å²) in [6.45, 7) is 8.56. The lowest BCUT2D eigenvalue weighted by molar-refractivity contribution is -0.146. The summed E-state index contributed by atoms with van der Waals surface area (Å²) in [5.41, 5.74) is -0.141. The highest BCUT2D eigenvalue weighted by atomic mass is 19.1. The monoisotopic (exact) mass is 421 g/mol. The van der Waals surface area contributed by atoms with Gasteiger partial charge in [-0.15, -0.1) is 0 Å². The molecule has 1 aliphatic rings. The first kappa shape index (κ1) is 23.3. The average Bonchev–Trinajstić information content (AvgIpc) is 3.01. The fourth-order valence-electron chi connectivity index (χ4n) is 2.80. The van der Waals surface area contributed by atoms with Crippen molar-refractivity contribution < 1.29 is 28.2 Å². The van der Waals surface area contributed by atoms with E-state index in [-0.39, 0.29) is 31.1 Å². The maximum atomic E-state index is 13.8. The summed E-state index contributed by atoms with van der Waals surface area (Å²) < 4.78 is 24.1. The minimum absolute atomic E-state index is 0.0690. The summed E-state index contributed by atoms with van der Waals surface area (Å²) in [5, 5.41) is 10.5. The Bertz CT molecular complexity index is 850. The maximum Gasteiger partial charge on any atom is 0.414 e. The molecule has 2 amide bonds. The molecule has 1 fully saturated rings. The van der Waals surface area contributed by atoms with Gasteiger partial charge in [0.1, 0.15) is 23.2 Å². The second-order valence-corrected chi connectivity index (χ2v) is 8.38. The van der Waals surface area contributed by atoms with Crippen LogP contribution >= 0.6 is 0 Å². The van der Waals surface area contributed by atoms with E-state index in [0.717, 1.165) is 0 Å². The number of carbonyl (C=O) groups excluding carboxylic acids is 3. The smallest absolute Gasteiger partial charge is 0.414 e. The summed E-state index contributed by atoms with van der Waals surface area (Å²) >= 11 is 0. The van der Waals surface area contributed by atoms with E-state index < -0.39 is 35.5 Å². The minimum atomic E-state index is -0.757. The normalized spacial score (nSPS) is 17.3. The molecule has 9 heteroatoms. The zero-order chi connectivity index (χ0) is 22.6.